The van der Waals surface area contributed by atoms with Crippen LogP contribution in [0, 0.1) is 0 Å². The molecule has 0 unspecified atom stereocenters. The van der Waals surface area contributed by atoms with Gasteiger partial charge in [0, 0.05) is 0 Å². The van der Waals surface area contributed by atoms with E-state index < -0.39 is 0 Å². The van der Waals surface area contributed by atoms with E-state index in [4.69, 9.17) is 0 Å². The second-order valence-corrected chi connectivity index (χ2v) is 4.91. The molecule has 0 amide bonds. The lowest BCUT2D eigenvalue weighted by Crippen LogP contribution is -1.79. The van der Waals surface area contributed by atoms with E-state index in [-0.39, 0.29) is 0 Å². The Balaban J connectivity index is 3.07. The van der Waals surface area contributed by atoms with Crippen molar-refractivity contribution in [1.82, 2.24) is 0 Å². The van der Waals surface area contributed by atoms with Crippen molar-refractivity contribution in [3.63, 3.8) is 0 Å². The third kappa shape index (κ3) is 15.5. The Hall–Kier alpha value is -0.520. The lowest BCUT2D eigenvalue weighted by atomic mass is 10.1. The Morgan fingerprint density at radius 3 is 1.65 bits per heavy atom. The van der Waals surface area contributed by atoms with Crippen LogP contribution >= 0.6 is 0 Å². The van der Waals surface area contributed by atoms with Gasteiger partial charge in [-0.3, -0.25) is 0 Å². The topological polar surface area (TPSA) is 0 Å². The average Bonchev–Trinajstić information content (AvgIpc) is 2.35. The van der Waals surface area contributed by atoms with Gasteiger partial charge in [-0.25, -0.2) is 0 Å². The summed E-state index contributed by atoms with van der Waals surface area (Å²) in [6.45, 7) is 4.50. The smallest absolute Gasteiger partial charge is 0.0348 e. The first-order chi connectivity index (χ1) is 8.41. The highest BCUT2D eigenvalue weighted by Crippen LogP contribution is 2.09. The Labute approximate surface area is 109 Å². The molecular formula is C17H32. The number of unbranched alkanes of at least 4 members (excludes halogenated alkanes) is 9. The molecule has 0 aromatic carbocycles. The van der Waals surface area contributed by atoms with Gasteiger partial charge in [0.05, 0.1) is 0 Å². The summed E-state index contributed by atoms with van der Waals surface area (Å²) in [5, 5.41) is 0. The Morgan fingerprint density at radius 2 is 1.06 bits per heavy atom. The summed E-state index contributed by atoms with van der Waals surface area (Å²) in [5.41, 5.74) is 0. The monoisotopic (exact) mass is 236 g/mol. The molecule has 0 aromatic heterocycles. The van der Waals surface area contributed by atoms with Crippen LogP contribution < -0.4 is 0 Å². The second-order valence-electron chi connectivity index (χ2n) is 4.91. The van der Waals surface area contributed by atoms with E-state index in [1.165, 1.54) is 70.6 Å². The maximum atomic E-state index is 2.31. The molecule has 0 heterocycles. The summed E-state index contributed by atoms with van der Waals surface area (Å²) in [6.07, 6.45) is 24.0. The summed E-state index contributed by atoms with van der Waals surface area (Å²) < 4.78 is 0. The highest BCUT2D eigenvalue weighted by molar-refractivity contribution is 5.02. The number of rotatable bonds is 12. The third-order valence-corrected chi connectivity index (χ3v) is 3.06. The molecule has 0 bridgehead atoms. The normalized spacial score (nSPS) is 11.9. The van der Waals surface area contributed by atoms with Crippen LogP contribution in [0.2, 0.25) is 0 Å². The maximum absolute atomic E-state index is 2.31. The molecule has 0 aromatic rings. The van der Waals surface area contributed by atoms with Gasteiger partial charge in [-0.15, -0.1) is 0 Å². The van der Waals surface area contributed by atoms with Gasteiger partial charge in [0.1, 0.15) is 0 Å². The van der Waals surface area contributed by atoms with E-state index in [1.54, 1.807) is 0 Å². The van der Waals surface area contributed by atoms with Gasteiger partial charge < -0.3 is 0 Å². The summed E-state index contributed by atoms with van der Waals surface area (Å²) in [4.78, 5) is 0. The number of allylic oxidation sites excluding steroid dienone is 4. The lowest BCUT2D eigenvalue weighted by Gasteiger charge is -1.99. The van der Waals surface area contributed by atoms with E-state index in [9.17, 15) is 0 Å². The van der Waals surface area contributed by atoms with Gasteiger partial charge in [0.15, 0.2) is 0 Å². The van der Waals surface area contributed by atoms with Crippen molar-refractivity contribution in [2.45, 2.75) is 84.5 Å². The number of hydrogen-bond acceptors (Lipinski definition) is 0. The van der Waals surface area contributed by atoms with E-state index in [1.807, 2.05) is 0 Å². The van der Waals surface area contributed by atoms with E-state index >= 15 is 0 Å². The predicted octanol–water partition coefficient (Wildman–Crippen LogP) is 6.43. The standard InChI is InChI=1S/C17H32/c1-3-5-7-9-11-13-15-17-16-14-12-10-8-6-4-2/h7,9,11,13H,3-6,8,10,12,14-17H2,1-2H3/b9-7+,13-11+. The minimum atomic E-state index is 1.21. The van der Waals surface area contributed by atoms with Crippen LogP contribution in [0.5, 0.6) is 0 Å². The van der Waals surface area contributed by atoms with Crippen molar-refractivity contribution in [3.8, 4) is 0 Å². The summed E-state index contributed by atoms with van der Waals surface area (Å²) in [7, 11) is 0. The van der Waals surface area contributed by atoms with Crippen LogP contribution in [0.1, 0.15) is 84.5 Å². The summed E-state index contributed by atoms with van der Waals surface area (Å²) in [5.74, 6) is 0. The highest BCUT2D eigenvalue weighted by atomic mass is 14.0. The van der Waals surface area contributed by atoms with E-state index in [2.05, 4.69) is 38.2 Å². The zero-order valence-electron chi connectivity index (χ0n) is 12.1. The van der Waals surface area contributed by atoms with Crippen LogP contribution in [0.4, 0.5) is 0 Å². The van der Waals surface area contributed by atoms with Crippen LogP contribution in [0.3, 0.4) is 0 Å². The fourth-order valence-corrected chi connectivity index (χ4v) is 1.91. The fraction of sp³-hybridized carbons (Fsp3) is 0.765. The summed E-state index contributed by atoms with van der Waals surface area (Å²) >= 11 is 0. The average molecular weight is 236 g/mol. The van der Waals surface area contributed by atoms with Gasteiger partial charge in [-0.2, -0.15) is 0 Å². The van der Waals surface area contributed by atoms with Crippen molar-refractivity contribution in [1.29, 1.82) is 0 Å². The van der Waals surface area contributed by atoms with Crippen molar-refractivity contribution in [3.05, 3.63) is 24.3 Å². The first-order valence-corrected chi connectivity index (χ1v) is 7.73. The van der Waals surface area contributed by atoms with Gasteiger partial charge in [-0.05, 0) is 19.3 Å². The van der Waals surface area contributed by atoms with Gasteiger partial charge >= 0.3 is 0 Å². The minimum Gasteiger partial charge on any atom is -0.0846 e. The molecule has 0 spiro atoms. The second kappa shape index (κ2) is 15.5. The van der Waals surface area contributed by atoms with Crippen molar-refractivity contribution in [2.24, 2.45) is 0 Å². The van der Waals surface area contributed by atoms with E-state index in [0.29, 0.717) is 0 Å². The van der Waals surface area contributed by atoms with Crippen molar-refractivity contribution >= 4 is 0 Å². The Bertz CT molecular complexity index is 176. The molecule has 0 aliphatic rings. The molecule has 0 saturated carbocycles. The third-order valence-electron chi connectivity index (χ3n) is 3.06. The fourth-order valence-electron chi connectivity index (χ4n) is 1.91. The molecule has 0 fully saturated rings. The van der Waals surface area contributed by atoms with Gasteiger partial charge in [0.25, 0.3) is 0 Å². The molecular weight excluding hydrogens is 204 g/mol. The molecule has 0 N–H and O–H groups in total. The van der Waals surface area contributed by atoms with Gasteiger partial charge in [0.2, 0.25) is 0 Å². The van der Waals surface area contributed by atoms with E-state index in [0.717, 1.165) is 0 Å². The molecule has 0 heteroatoms. The highest BCUT2D eigenvalue weighted by Gasteiger charge is 1.89. The molecule has 0 aliphatic carbocycles. The van der Waals surface area contributed by atoms with Gasteiger partial charge in [-0.1, -0.05) is 89.5 Å². The van der Waals surface area contributed by atoms with Crippen LogP contribution in [-0.4, -0.2) is 0 Å². The molecule has 0 radical (unpaired) electrons. The largest absolute Gasteiger partial charge is 0.0846 e. The minimum absolute atomic E-state index is 1.21. The molecule has 0 rings (SSSR count). The molecule has 17 heavy (non-hydrogen) atoms. The zero-order chi connectivity index (χ0) is 12.6. The predicted molar refractivity (Wildman–Crippen MR) is 80.4 cm³/mol. The Kier molecular flexibility index (Phi) is 15.0. The summed E-state index contributed by atoms with van der Waals surface area (Å²) in [6, 6.07) is 0. The van der Waals surface area contributed by atoms with Crippen LogP contribution in [0.25, 0.3) is 0 Å². The Morgan fingerprint density at radius 1 is 0.529 bits per heavy atom. The molecule has 0 aliphatic heterocycles. The first kappa shape index (κ1) is 16.5. The molecule has 100 valence electrons. The SMILES string of the molecule is CCC/C=C/C=C/CCCCCCCCCC. The zero-order valence-corrected chi connectivity index (χ0v) is 12.1. The number of hydrogen-bond donors (Lipinski definition) is 0. The van der Waals surface area contributed by atoms with Crippen LogP contribution in [-0.2, 0) is 0 Å². The van der Waals surface area contributed by atoms with Crippen molar-refractivity contribution in [2.75, 3.05) is 0 Å². The van der Waals surface area contributed by atoms with Crippen LogP contribution in [0.15, 0.2) is 24.3 Å². The first-order valence-electron chi connectivity index (χ1n) is 7.73. The quantitative estimate of drug-likeness (QED) is 0.270. The van der Waals surface area contributed by atoms with Crippen molar-refractivity contribution < 1.29 is 0 Å². The molecule has 0 atom stereocenters. The lowest BCUT2D eigenvalue weighted by molar-refractivity contribution is 0.577. The molecule has 0 saturated heterocycles. The maximum Gasteiger partial charge on any atom is -0.0348 e. The molecule has 0 nitrogen and oxygen atoms in total.